The first kappa shape index (κ1) is 11.1. The maximum atomic E-state index is 9.93. The van der Waals surface area contributed by atoms with Crippen molar-refractivity contribution in [2.45, 2.75) is 25.9 Å². The zero-order chi connectivity index (χ0) is 11.5. The third-order valence-corrected chi connectivity index (χ3v) is 2.69. The van der Waals surface area contributed by atoms with Gasteiger partial charge in [-0.05, 0) is 44.0 Å². The van der Waals surface area contributed by atoms with E-state index in [1.165, 1.54) is 0 Å². The second kappa shape index (κ2) is 4.63. The van der Waals surface area contributed by atoms with Crippen molar-refractivity contribution in [3.05, 3.63) is 29.6 Å². The first-order chi connectivity index (χ1) is 7.70. The molecule has 0 spiro atoms. The Morgan fingerprint density at radius 2 is 2.31 bits per heavy atom. The Morgan fingerprint density at radius 1 is 1.50 bits per heavy atom. The zero-order valence-corrected chi connectivity index (χ0v) is 9.40. The second-order valence-electron chi connectivity index (χ2n) is 4.05. The molecular weight excluding hydrogens is 202 g/mol. The Labute approximate surface area is 94.5 Å². The van der Waals surface area contributed by atoms with E-state index in [1.807, 2.05) is 25.1 Å². The average Bonchev–Trinajstić information content (AvgIpc) is 2.64. The summed E-state index contributed by atoms with van der Waals surface area (Å²) in [7, 11) is 0. The molecule has 0 fully saturated rings. The van der Waals surface area contributed by atoms with E-state index in [2.05, 4.69) is 9.97 Å². The molecule has 2 aromatic rings. The molecule has 0 bridgehead atoms. The monoisotopic (exact) mass is 219 g/mol. The van der Waals surface area contributed by atoms with Crippen molar-refractivity contribution in [1.82, 2.24) is 9.97 Å². The molecule has 0 radical (unpaired) electrons. The maximum absolute atomic E-state index is 9.93. The SMILES string of the molecule is Cc1nc2ccc(C(O)CCCN)cc2[nH]1. The summed E-state index contributed by atoms with van der Waals surface area (Å²) in [4.78, 5) is 7.48. The number of aromatic amines is 1. The Balaban J connectivity index is 2.24. The van der Waals surface area contributed by atoms with E-state index >= 15 is 0 Å². The largest absolute Gasteiger partial charge is 0.388 e. The fourth-order valence-corrected chi connectivity index (χ4v) is 1.84. The Hall–Kier alpha value is -1.39. The van der Waals surface area contributed by atoms with E-state index in [9.17, 15) is 5.11 Å². The van der Waals surface area contributed by atoms with Gasteiger partial charge in [0.1, 0.15) is 5.82 Å². The van der Waals surface area contributed by atoms with Gasteiger partial charge in [-0.25, -0.2) is 4.98 Å². The zero-order valence-electron chi connectivity index (χ0n) is 9.40. The number of aliphatic hydroxyl groups is 1. The molecule has 4 heteroatoms. The van der Waals surface area contributed by atoms with Crippen LogP contribution in [0.1, 0.15) is 30.3 Å². The number of nitrogens with one attached hydrogen (secondary N) is 1. The van der Waals surface area contributed by atoms with Gasteiger partial charge >= 0.3 is 0 Å². The molecule has 1 aromatic heterocycles. The minimum atomic E-state index is -0.434. The number of nitrogens with two attached hydrogens (primary N) is 1. The van der Waals surface area contributed by atoms with Gasteiger partial charge in [0.15, 0.2) is 0 Å². The Kier molecular flexibility index (Phi) is 3.22. The predicted octanol–water partition coefficient (Wildman–Crippen LogP) is 1.64. The number of aromatic nitrogens is 2. The fourth-order valence-electron chi connectivity index (χ4n) is 1.84. The minimum Gasteiger partial charge on any atom is -0.388 e. The van der Waals surface area contributed by atoms with Crippen molar-refractivity contribution in [1.29, 1.82) is 0 Å². The van der Waals surface area contributed by atoms with Crippen LogP contribution in [-0.4, -0.2) is 21.6 Å². The van der Waals surface area contributed by atoms with Crippen LogP contribution in [0.5, 0.6) is 0 Å². The van der Waals surface area contributed by atoms with Gasteiger partial charge in [-0.3, -0.25) is 0 Å². The second-order valence-corrected chi connectivity index (χ2v) is 4.05. The number of imidazole rings is 1. The lowest BCUT2D eigenvalue weighted by molar-refractivity contribution is 0.165. The molecule has 1 aromatic carbocycles. The average molecular weight is 219 g/mol. The van der Waals surface area contributed by atoms with E-state index < -0.39 is 6.10 Å². The van der Waals surface area contributed by atoms with E-state index in [0.717, 1.165) is 28.8 Å². The molecule has 0 amide bonds. The molecule has 16 heavy (non-hydrogen) atoms. The van der Waals surface area contributed by atoms with Crippen molar-refractivity contribution in [3.8, 4) is 0 Å². The highest BCUT2D eigenvalue weighted by molar-refractivity contribution is 5.75. The number of fused-ring (bicyclic) bond motifs is 1. The summed E-state index contributed by atoms with van der Waals surface area (Å²) in [6.07, 6.45) is 1.10. The van der Waals surface area contributed by atoms with Crippen molar-refractivity contribution in [3.63, 3.8) is 0 Å². The third-order valence-electron chi connectivity index (χ3n) is 2.69. The summed E-state index contributed by atoms with van der Waals surface area (Å²) in [6, 6.07) is 5.81. The van der Waals surface area contributed by atoms with Crippen molar-refractivity contribution < 1.29 is 5.11 Å². The highest BCUT2D eigenvalue weighted by Crippen LogP contribution is 2.21. The van der Waals surface area contributed by atoms with Gasteiger partial charge in [0.2, 0.25) is 0 Å². The van der Waals surface area contributed by atoms with Crippen molar-refractivity contribution in [2.75, 3.05) is 6.54 Å². The molecule has 4 N–H and O–H groups in total. The van der Waals surface area contributed by atoms with Gasteiger partial charge in [-0.15, -0.1) is 0 Å². The molecule has 1 atom stereocenters. The van der Waals surface area contributed by atoms with E-state index in [4.69, 9.17) is 5.73 Å². The molecule has 1 unspecified atom stereocenters. The number of benzene rings is 1. The number of aryl methyl sites for hydroxylation is 1. The number of hydrogen-bond donors (Lipinski definition) is 3. The van der Waals surface area contributed by atoms with Crippen LogP contribution >= 0.6 is 0 Å². The number of rotatable bonds is 4. The van der Waals surface area contributed by atoms with Gasteiger partial charge in [0, 0.05) is 0 Å². The van der Waals surface area contributed by atoms with Crippen molar-refractivity contribution >= 4 is 11.0 Å². The molecule has 0 aliphatic heterocycles. The summed E-state index contributed by atoms with van der Waals surface area (Å²) in [6.45, 7) is 2.53. The molecule has 2 rings (SSSR count). The first-order valence-corrected chi connectivity index (χ1v) is 5.55. The topological polar surface area (TPSA) is 74.9 Å². The maximum Gasteiger partial charge on any atom is 0.104 e. The van der Waals surface area contributed by atoms with Gasteiger partial charge in [-0.2, -0.15) is 0 Å². The van der Waals surface area contributed by atoms with Crippen LogP contribution in [0.25, 0.3) is 11.0 Å². The first-order valence-electron chi connectivity index (χ1n) is 5.55. The highest BCUT2D eigenvalue weighted by Gasteiger charge is 2.08. The molecular formula is C12H17N3O. The smallest absolute Gasteiger partial charge is 0.104 e. The van der Waals surface area contributed by atoms with Crippen LogP contribution in [0.4, 0.5) is 0 Å². The summed E-state index contributed by atoms with van der Waals surface area (Å²) in [5, 5.41) is 9.93. The van der Waals surface area contributed by atoms with Crippen LogP contribution in [0, 0.1) is 6.92 Å². The lowest BCUT2D eigenvalue weighted by Crippen LogP contribution is -2.03. The van der Waals surface area contributed by atoms with E-state index in [0.29, 0.717) is 13.0 Å². The summed E-state index contributed by atoms with van der Waals surface area (Å²) in [5.74, 6) is 0.892. The minimum absolute atomic E-state index is 0.434. The normalized spacial score (nSPS) is 13.2. The molecule has 4 nitrogen and oxygen atoms in total. The van der Waals surface area contributed by atoms with Gasteiger partial charge in [-0.1, -0.05) is 6.07 Å². The lowest BCUT2D eigenvalue weighted by atomic mass is 10.0. The fraction of sp³-hybridized carbons (Fsp3) is 0.417. The number of aliphatic hydroxyl groups excluding tert-OH is 1. The van der Waals surface area contributed by atoms with Crippen LogP contribution in [0.15, 0.2) is 18.2 Å². The molecule has 0 aliphatic carbocycles. The molecule has 86 valence electrons. The standard InChI is InChI=1S/C12H17N3O/c1-8-14-10-5-4-9(7-11(10)15-8)12(16)3-2-6-13/h4-5,7,12,16H,2-3,6,13H2,1H3,(H,14,15). The quantitative estimate of drug-likeness (QED) is 0.731. The van der Waals surface area contributed by atoms with Crippen LogP contribution in [-0.2, 0) is 0 Å². The highest BCUT2D eigenvalue weighted by atomic mass is 16.3. The van der Waals surface area contributed by atoms with Crippen LogP contribution < -0.4 is 5.73 Å². The molecule has 0 aliphatic rings. The van der Waals surface area contributed by atoms with Gasteiger partial charge in [0.25, 0.3) is 0 Å². The Morgan fingerprint density at radius 3 is 3.06 bits per heavy atom. The summed E-state index contributed by atoms with van der Waals surface area (Å²) in [5.41, 5.74) is 8.25. The Bertz CT molecular complexity index is 478. The lowest BCUT2D eigenvalue weighted by Gasteiger charge is -2.09. The molecule has 0 saturated carbocycles. The van der Waals surface area contributed by atoms with E-state index in [1.54, 1.807) is 0 Å². The summed E-state index contributed by atoms with van der Waals surface area (Å²) >= 11 is 0. The van der Waals surface area contributed by atoms with Crippen LogP contribution in [0.2, 0.25) is 0 Å². The van der Waals surface area contributed by atoms with Crippen LogP contribution in [0.3, 0.4) is 0 Å². The summed E-state index contributed by atoms with van der Waals surface area (Å²) < 4.78 is 0. The number of H-pyrrole nitrogens is 1. The number of hydrogen-bond acceptors (Lipinski definition) is 3. The van der Waals surface area contributed by atoms with E-state index in [-0.39, 0.29) is 0 Å². The van der Waals surface area contributed by atoms with Crippen molar-refractivity contribution in [2.24, 2.45) is 5.73 Å². The third kappa shape index (κ3) is 2.23. The predicted molar refractivity (Wildman–Crippen MR) is 64.1 cm³/mol. The molecule has 1 heterocycles. The van der Waals surface area contributed by atoms with Gasteiger partial charge < -0.3 is 15.8 Å². The number of nitrogens with zero attached hydrogens (tertiary/aromatic N) is 1. The molecule has 0 saturated heterocycles. The van der Waals surface area contributed by atoms with Gasteiger partial charge in [0.05, 0.1) is 17.1 Å².